The van der Waals surface area contributed by atoms with Gasteiger partial charge in [0.1, 0.15) is 10.9 Å². The molecule has 0 spiro atoms. The molecule has 0 aromatic carbocycles. The molecule has 0 radical (unpaired) electrons. The molecule has 4 rings (SSSR count). The number of carbonyl (C=O) groups is 2. The van der Waals surface area contributed by atoms with E-state index >= 15 is 0 Å². The van der Waals surface area contributed by atoms with Crippen LogP contribution in [0.15, 0.2) is 12.1 Å². The SMILES string of the molecule is CC1CCC(C(=O)N2C[C@H]3CCCN(C(=O)c4ccc(C#N)s4)[C@H]3C2)CC1. The first-order valence-electron chi connectivity index (χ1n) is 10.2. The van der Waals surface area contributed by atoms with Crippen molar-refractivity contribution >= 4 is 23.2 Å². The monoisotopic (exact) mass is 385 g/mol. The van der Waals surface area contributed by atoms with Crippen molar-refractivity contribution < 1.29 is 9.59 Å². The summed E-state index contributed by atoms with van der Waals surface area (Å²) in [6, 6.07) is 5.71. The molecule has 144 valence electrons. The Morgan fingerprint density at radius 3 is 2.63 bits per heavy atom. The Morgan fingerprint density at radius 2 is 1.93 bits per heavy atom. The molecular formula is C21H27N3O2S. The van der Waals surface area contributed by atoms with Crippen LogP contribution in [0, 0.1) is 29.1 Å². The van der Waals surface area contributed by atoms with Crippen LogP contribution in [0.3, 0.4) is 0 Å². The number of rotatable bonds is 2. The first-order chi connectivity index (χ1) is 13.1. The zero-order valence-corrected chi connectivity index (χ0v) is 16.7. The predicted molar refractivity (Wildman–Crippen MR) is 104 cm³/mol. The lowest BCUT2D eigenvalue weighted by Gasteiger charge is -2.36. The van der Waals surface area contributed by atoms with Gasteiger partial charge in [-0.15, -0.1) is 11.3 Å². The summed E-state index contributed by atoms with van der Waals surface area (Å²) in [4.78, 5) is 31.3. The van der Waals surface area contributed by atoms with Gasteiger partial charge >= 0.3 is 0 Å². The minimum Gasteiger partial charge on any atom is -0.340 e. The Balaban J connectivity index is 1.44. The largest absolute Gasteiger partial charge is 0.340 e. The summed E-state index contributed by atoms with van der Waals surface area (Å²) in [6.45, 7) is 4.50. The van der Waals surface area contributed by atoms with E-state index in [2.05, 4.69) is 13.0 Å². The van der Waals surface area contributed by atoms with Crippen molar-refractivity contribution in [1.29, 1.82) is 5.26 Å². The minimum absolute atomic E-state index is 0.0250. The molecule has 0 unspecified atom stereocenters. The fraction of sp³-hybridized carbons (Fsp3) is 0.667. The van der Waals surface area contributed by atoms with Crippen LogP contribution >= 0.6 is 11.3 Å². The molecule has 3 fully saturated rings. The average molecular weight is 386 g/mol. The first kappa shape index (κ1) is 18.5. The maximum Gasteiger partial charge on any atom is 0.264 e. The molecule has 0 bridgehead atoms. The van der Waals surface area contributed by atoms with Crippen molar-refractivity contribution in [3.63, 3.8) is 0 Å². The number of fused-ring (bicyclic) bond motifs is 1. The van der Waals surface area contributed by atoms with E-state index in [4.69, 9.17) is 5.26 Å². The van der Waals surface area contributed by atoms with Gasteiger partial charge < -0.3 is 9.80 Å². The van der Waals surface area contributed by atoms with E-state index < -0.39 is 0 Å². The number of hydrogen-bond acceptors (Lipinski definition) is 4. The second-order valence-electron chi connectivity index (χ2n) is 8.44. The van der Waals surface area contributed by atoms with Gasteiger partial charge in [-0.25, -0.2) is 0 Å². The third-order valence-electron chi connectivity index (χ3n) is 6.65. The maximum absolute atomic E-state index is 13.0. The number of amides is 2. The summed E-state index contributed by atoms with van der Waals surface area (Å²) in [5.41, 5.74) is 0. The van der Waals surface area contributed by atoms with E-state index in [0.29, 0.717) is 28.1 Å². The molecule has 3 heterocycles. The molecule has 2 saturated heterocycles. The van der Waals surface area contributed by atoms with Crippen LogP contribution in [0.25, 0.3) is 0 Å². The van der Waals surface area contributed by atoms with E-state index in [-0.39, 0.29) is 17.9 Å². The van der Waals surface area contributed by atoms with Crippen molar-refractivity contribution in [2.24, 2.45) is 17.8 Å². The van der Waals surface area contributed by atoms with Crippen molar-refractivity contribution in [3.8, 4) is 6.07 Å². The summed E-state index contributed by atoms with van der Waals surface area (Å²) < 4.78 is 0. The topological polar surface area (TPSA) is 64.4 Å². The Hall–Kier alpha value is -1.87. The first-order valence-corrected chi connectivity index (χ1v) is 11.0. The van der Waals surface area contributed by atoms with Gasteiger partial charge in [0.15, 0.2) is 0 Å². The van der Waals surface area contributed by atoms with Crippen molar-refractivity contribution in [1.82, 2.24) is 9.80 Å². The maximum atomic E-state index is 13.0. The van der Waals surface area contributed by atoms with Crippen molar-refractivity contribution in [2.75, 3.05) is 19.6 Å². The van der Waals surface area contributed by atoms with Crippen LogP contribution in [-0.4, -0.2) is 47.3 Å². The second kappa shape index (κ2) is 7.63. The molecule has 1 aliphatic carbocycles. The highest BCUT2D eigenvalue weighted by Crippen LogP contribution is 2.35. The molecule has 0 N–H and O–H groups in total. The third kappa shape index (κ3) is 3.62. The van der Waals surface area contributed by atoms with Gasteiger partial charge in [-0.3, -0.25) is 9.59 Å². The molecule has 1 saturated carbocycles. The zero-order valence-electron chi connectivity index (χ0n) is 15.9. The van der Waals surface area contributed by atoms with E-state index in [9.17, 15) is 9.59 Å². The smallest absolute Gasteiger partial charge is 0.264 e. The number of nitriles is 1. The van der Waals surface area contributed by atoms with Crippen LogP contribution in [0.1, 0.15) is 60.0 Å². The number of piperidine rings is 1. The molecule has 2 atom stereocenters. The number of likely N-dealkylation sites (tertiary alicyclic amines) is 2. The van der Waals surface area contributed by atoms with Crippen LogP contribution in [-0.2, 0) is 4.79 Å². The summed E-state index contributed by atoms with van der Waals surface area (Å²) in [5.74, 6) is 1.65. The number of hydrogen-bond donors (Lipinski definition) is 0. The van der Waals surface area contributed by atoms with Crippen LogP contribution in [0.5, 0.6) is 0 Å². The highest BCUT2D eigenvalue weighted by Gasteiger charge is 2.44. The van der Waals surface area contributed by atoms with E-state index in [1.807, 2.05) is 9.80 Å². The average Bonchev–Trinajstić information content (AvgIpc) is 3.34. The quantitative estimate of drug-likeness (QED) is 0.782. The van der Waals surface area contributed by atoms with Gasteiger partial charge in [-0.1, -0.05) is 6.92 Å². The van der Waals surface area contributed by atoms with E-state index in [0.717, 1.165) is 57.5 Å². The normalized spacial score (nSPS) is 30.7. The molecule has 1 aromatic rings. The third-order valence-corrected chi connectivity index (χ3v) is 7.62. The van der Waals surface area contributed by atoms with Gasteiger partial charge in [0.2, 0.25) is 5.91 Å². The lowest BCUT2D eigenvalue weighted by molar-refractivity contribution is -0.136. The van der Waals surface area contributed by atoms with Crippen molar-refractivity contribution in [2.45, 2.75) is 51.5 Å². The predicted octanol–water partition coefficient (Wildman–Crippen LogP) is 3.51. The van der Waals surface area contributed by atoms with Gasteiger partial charge in [-0.2, -0.15) is 5.26 Å². The molecular weight excluding hydrogens is 358 g/mol. The Labute approximate surface area is 164 Å². The summed E-state index contributed by atoms with van der Waals surface area (Å²) >= 11 is 1.27. The van der Waals surface area contributed by atoms with E-state index in [1.165, 1.54) is 11.3 Å². The Bertz CT molecular complexity index is 760. The zero-order chi connectivity index (χ0) is 19.0. The van der Waals surface area contributed by atoms with Crippen LogP contribution < -0.4 is 0 Å². The summed E-state index contributed by atoms with van der Waals surface area (Å²) in [7, 11) is 0. The molecule has 2 amide bonds. The summed E-state index contributed by atoms with van der Waals surface area (Å²) in [5, 5.41) is 9.02. The number of carbonyl (C=O) groups excluding carboxylic acids is 2. The number of nitrogens with zero attached hydrogens (tertiary/aromatic N) is 3. The lowest BCUT2D eigenvalue weighted by atomic mass is 9.82. The molecule has 2 aliphatic heterocycles. The second-order valence-corrected chi connectivity index (χ2v) is 9.53. The molecule has 3 aliphatic rings. The van der Waals surface area contributed by atoms with Gasteiger partial charge in [0.25, 0.3) is 5.91 Å². The lowest BCUT2D eigenvalue weighted by Crippen LogP contribution is -2.48. The standard InChI is InChI=1S/C21H27N3O2S/c1-14-4-6-15(7-5-14)20(25)23-12-16-3-2-10-24(18(16)13-23)21(26)19-9-8-17(11-22)27-19/h8-9,14-16,18H,2-7,10,12-13H2,1H3/t14?,15?,16-,18+/m1/s1. The van der Waals surface area contributed by atoms with Crippen LogP contribution in [0.4, 0.5) is 0 Å². The number of thiophene rings is 1. The highest BCUT2D eigenvalue weighted by atomic mass is 32.1. The fourth-order valence-electron chi connectivity index (χ4n) is 5.03. The fourth-order valence-corrected chi connectivity index (χ4v) is 5.79. The molecule has 1 aromatic heterocycles. The van der Waals surface area contributed by atoms with E-state index in [1.54, 1.807) is 12.1 Å². The van der Waals surface area contributed by atoms with Gasteiger partial charge in [0.05, 0.1) is 10.9 Å². The van der Waals surface area contributed by atoms with Gasteiger partial charge in [-0.05, 0) is 62.5 Å². The molecule has 5 nitrogen and oxygen atoms in total. The Kier molecular flexibility index (Phi) is 5.23. The van der Waals surface area contributed by atoms with Gasteiger partial charge in [0, 0.05) is 25.6 Å². The van der Waals surface area contributed by atoms with Crippen molar-refractivity contribution in [3.05, 3.63) is 21.9 Å². The molecule has 27 heavy (non-hydrogen) atoms. The molecule has 6 heteroatoms. The summed E-state index contributed by atoms with van der Waals surface area (Å²) in [6.07, 6.45) is 6.42. The minimum atomic E-state index is 0.0250. The Morgan fingerprint density at radius 1 is 1.15 bits per heavy atom. The highest BCUT2D eigenvalue weighted by molar-refractivity contribution is 7.14. The van der Waals surface area contributed by atoms with Crippen LogP contribution in [0.2, 0.25) is 0 Å².